The third-order valence-electron chi connectivity index (χ3n) is 4.15. The third-order valence-corrected chi connectivity index (χ3v) is 6.72. The minimum Gasteiger partial charge on any atom is -0.377 e. The van der Waals surface area contributed by atoms with Crippen LogP contribution in [0.15, 0.2) is 0 Å². The van der Waals surface area contributed by atoms with Crippen LogP contribution in [0.5, 0.6) is 0 Å². The maximum atomic E-state index is 12.0. The van der Waals surface area contributed by atoms with E-state index in [0.29, 0.717) is 13.2 Å². The second-order valence-electron chi connectivity index (χ2n) is 6.61. The van der Waals surface area contributed by atoms with Crippen molar-refractivity contribution in [1.82, 2.24) is 0 Å². The average molecular weight is 306 g/mol. The summed E-state index contributed by atoms with van der Waals surface area (Å²) in [6.45, 7) is 6.80. The van der Waals surface area contributed by atoms with E-state index >= 15 is 0 Å². The average Bonchev–Trinajstić information content (AvgIpc) is 2.79. The number of rotatable bonds is 4. The van der Waals surface area contributed by atoms with E-state index in [0.717, 1.165) is 25.7 Å². The molecule has 0 aromatic heterocycles. The molecular weight excluding hydrogens is 280 g/mol. The molecular formula is C14H26O5S. The van der Waals surface area contributed by atoms with E-state index in [1.165, 1.54) is 0 Å². The standard InChI is InChI=1S/C14H26O5S/c1-13(2,3)20(15,16)11-10-17-12-4-6-14(7-5-12)18-8-9-19-14/h12H,4-11H2,1-3H3. The fourth-order valence-corrected chi connectivity index (χ4v) is 3.54. The van der Waals surface area contributed by atoms with Gasteiger partial charge in [0.15, 0.2) is 15.6 Å². The molecule has 0 bridgehead atoms. The molecule has 0 N–H and O–H groups in total. The van der Waals surface area contributed by atoms with Crippen molar-refractivity contribution in [3.63, 3.8) is 0 Å². The van der Waals surface area contributed by atoms with Crippen molar-refractivity contribution in [1.29, 1.82) is 0 Å². The van der Waals surface area contributed by atoms with Gasteiger partial charge >= 0.3 is 0 Å². The summed E-state index contributed by atoms with van der Waals surface area (Å²) in [6, 6.07) is 0. The Kier molecular flexibility index (Phi) is 4.79. The first-order chi connectivity index (χ1) is 9.24. The van der Waals surface area contributed by atoms with Gasteiger partial charge in [0.1, 0.15) is 0 Å². The topological polar surface area (TPSA) is 61.8 Å². The summed E-state index contributed by atoms with van der Waals surface area (Å²) < 4.78 is 40.3. The van der Waals surface area contributed by atoms with Gasteiger partial charge in [0.2, 0.25) is 0 Å². The first-order valence-corrected chi connectivity index (χ1v) is 9.01. The van der Waals surface area contributed by atoms with E-state index in [-0.39, 0.29) is 24.3 Å². The monoisotopic (exact) mass is 306 g/mol. The fraction of sp³-hybridized carbons (Fsp3) is 1.00. The molecule has 0 atom stereocenters. The highest BCUT2D eigenvalue weighted by molar-refractivity contribution is 7.92. The van der Waals surface area contributed by atoms with E-state index in [2.05, 4.69) is 0 Å². The fourth-order valence-electron chi connectivity index (χ4n) is 2.61. The second-order valence-corrected chi connectivity index (χ2v) is 9.47. The lowest BCUT2D eigenvalue weighted by Gasteiger charge is -2.35. The van der Waals surface area contributed by atoms with Gasteiger partial charge in [-0.3, -0.25) is 0 Å². The number of hydrogen-bond donors (Lipinski definition) is 0. The second kappa shape index (κ2) is 5.91. The van der Waals surface area contributed by atoms with Crippen LogP contribution in [0.25, 0.3) is 0 Å². The molecule has 0 aromatic rings. The lowest BCUT2D eigenvalue weighted by atomic mass is 9.92. The molecule has 0 radical (unpaired) electrons. The summed E-state index contributed by atoms with van der Waals surface area (Å²) in [6.07, 6.45) is 3.54. The molecule has 1 aliphatic heterocycles. The Balaban J connectivity index is 1.72. The van der Waals surface area contributed by atoms with E-state index in [1.54, 1.807) is 20.8 Å². The molecule has 6 heteroatoms. The molecule has 2 rings (SSSR count). The highest BCUT2D eigenvalue weighted by Gasteiger charge is 2.40. The molecule has 0 amide bonds. The van der Waals surface area contributed by atoms with Crippen molar-refractivity contribution < 1.29 is 22.6 Å². The van der Waals surface area contributed by atoms with E-state index in [4.69, 9.17) is 14.2 Å². The molecule has 2 aliphatic rings. The Bertz CT molecular complexity index is 407. The molecule has 2 fully saturated rings. The van der Waals surface area contributed by atoms with Crippen LogP contribution < -0.4 is 0 Å². The molecule has 1 aliphatic carbocycles. The summed E-state index contributed by atoms with van der Waals surface area (Å²) in [5.41, 5.74) is 0. The first kappa shape index (κ1) is 16.2. The van der Waals surface area contributed by atoms with Crippen LogP contribution in [-0.2, 0) is 24.0 Å². The third kappa shape index (κ3) is 3.72. The number of hydrogen-bond acceptors (Lipinski definition) is 5. The van der Waals surface area contributed by atoms with Gasteiger partial charge < -0.3 is 14.2 Å². The van der Waals surface area contributed by atoms with E-state index in [9.17, 15) is 8.42 Å². The van der Waals surface area contributed by atoms with Crippen LogP contribution in [-0.4, -0.2) is 50.6 Å². The number of ether oxygens (including phenoxy) is 3. The van der Waals surface area contributed by atoms with Crippen molar-refractivity contribution in [3.8, 4) is 0 Å². The van der Waals surface area contributed by atoms with Crippen molar-refractivity contribution in [2.45, 2.75) is 63.1 Å². The minimum atomic E-state index is -3.10. The van der Waals surface area contributed by atoms with Gasteiger partial charge in [0, 0.05) is 12.8 Å². The van der Waals surface area contributed by atoms with Crippen LogP contribution in [0.3, 0.4) is 0 Å². The molecule has 1 saturated heterocycles. The predicted molar refractivity (Wildman–Crippen MR) is 76.4 cm³/mol. The first-order valence-electron chi connectivity index (χ1n) is 7.36. The van der Waals surface area contributed by atoms with Crippen LogP contribution in [0.4, 0.5) is 0 Å². The molecule has 1 saturated carbocycles. The Hall–Kier alpha value is -0.170. The SMILES string of the molecule is CC(C)(C)S(=O)(=O)CCOC1CCC2(CC1)OCCO2. The van der Waals surface area contributed by atoms with Crippen molar-refractivity contribution in [2.75, 3.05) is 25.6 Å². The zero-order valence-corrected chi connectivity index (χ0v) is 13.5. The largest absolute Gasteiger partial charge is 0.377 e. The smallest absolute Gasteiger partial charge is 0.168 e. The summed E-state index contributed by atoms with van der Waals surface area (Å²) in [5.74, 6) is -0.289. The van der Waals surface area contributed by atoms with Crippen LogP contribution in [0.2, 0.25) is 0 Å². The van der Waals surface area contributed by atoms with Gasteiger partial charge in [-0.25, -0.2) is 8.42 Å². The van der Waals surface area contributed by atoms with Gasteiger partial charge in [0.05, 0.1) is 36.4 Å². The minimum absolute atomic E-state index is 0.0884. The Morgan fingerprint density at radius 1 is 1.15 bits per heavy atom. The Labute approximate surface area is 121 Å². The van der Waals surface area contributed by atoms with Gasteiger partial charge in [-0.2, -0.15) is 0 Å². The normalized spacial score (nSPS) is 24.4. The zero-order valence-electron chi connectivity index (χ0n) is 12.7. The van der Waals surface area contributed by atoms with Crippen LogP contribution >= 0.6 is 0 Å². The number of sulfone groups is 1. The maximum Gasteiger partial charge on any atom is 0.168 e. The van der Waals surface area contributed by atoms with Gasteiger partial charge in [-0.05, 0) is 33.6 Å². The van der Waals surface area contributed by atoms with Crippen molar-refractivity contribution in [2.24, 2.45) is 0 Å². The molecule has 20 heavy (non-hydrogen) atoms. The van der Waals surface area contributed by atoms with E-state index < -0.39 is 14.6 Å². The summed E-state index contributed by atoms with van der Waals surface area (Å²) in [7, 11) is -3.10. The maximum absolute atomic E-state index is 12.0. The highest BCUT2D eigenvalue weighted by Crippen LogP contribution is 2.36. The molecule has 118 valence electrons. The Morgan fingerprint density at radius 2 is 1.70 bits per heavy atom. The molecule has 5 nitrogen and oxygen atoms in total. The van der Waals surface area contributed by atoms with Gasteiger partial charge in [-0.1, -0.05) is 0 Å². The van der Waals surface area contributed by atoms with Gasteiger partial charge in [0.25, 0.3) is 0 Å². The quantitative estimate of drug-likeness (QED) is 0.794. The Morgan fingerprint density at radius 3 is 2.20 bits per heavy atom. The lowest BCUT2D eigenvalue weighted by molar-refractivity contribution is -0.191. The lowest BCUT2D eigenvalue weighted by Crippen LogP contribution is -2.38. The molecule has 1 spiro atoms. The summed E-state index contributed by atoms with van der Waals surface area (Å²) >= 11 is 0. The summed E-state index contributed by atoms with van der Waals surface area (Å²) in [4.78, 5) is 0. The zero-order chi connectivity index (χ0) is 14.9. The summed E-state index contributed by atoms with van der Waals surface area (Å²) in [5, 5.41) is 0. The van der Waals surface area contributed by atoms with E-state index in [1.807, 2.05) is 0 Å². The predicted octanol–water partition coefficient (Wildman–Crippen LogP) is 1.90. The van der Waals surface area contributed by atoms with Crippen molar-refractivity contribution in [3.05, 3.63) is 0 Å². The van der Waals surface area contributed by atoms with Crippen LogP contribution in [0, 0.1) is 0 Å². The van der Waals surface area contributed by atoms with Gasteiger partial charge in [-0.15, -0.1) is 0 Å². The highest BCUT2D eigenvalue weighted by atomic mass is 32.2. The molecule has 0 unspecified atom stereocenters. The molecule has 0 aromatic carbocycles. The van der Waals surface area contributed by atoms with Crippen LogP contribution in [0.1, 0.15) is 46.5 Å². The molecule has 1 heterocycles. The van der Waals surface area contributed by atoms with Crippen molar-refractivity contribution >= 4 is 9.84 Å².